The van der Waals surface area contributed by atoms with Crippen LogP contribution in [-0.4, -0.2) is 10.8 Å². The maximum atomic E-state index is 13.2. The first-order valence-corrected chi connectivity index (χ1v) is 8.68. The summed E-state index contributed by atoms with van der Waals surface area (Å²) in [6.07, 6.45) is 1.57. The Kier molecular flexibility index (Phi) is 3.47. The molecule has 132 valence electrons. The summed E-state index contributed by atoms with van der Waals surface area (Å²) in [7, 11) is 0. The van der Waals surface area contributed by atoms with Crippen LogP contribution in [0.5, 0.6) is 0 Å². The van der Waals surface area contributed by atoms with Gasteiger partial charge in [0.25, 0.3) is 5.91 Å². The van der Waals surface area contributed by atoms with E-state index in [4.69, 9.17) is 8.83 Å². The first-order valence-electron chi connectivity index (χ1n) is 8.68. The molecule has 0 spiro atoms. The largest absolute Gasteiger partial charge is 0.467 e. The van der Waals surface area contributed by atoms with Gasteiger partial charge in [-0.05, 0) is 29.8 Å². The van der Waals surface area contributed by atoms with Gasteiger partial charge >= 0.3 is 0 Å². The van der Waals surface area contributed by atoms with E-state index in [1.165, 1.54) is 0 Å². The van der Waals surface area contributed by atoms with Gasteiger partial charge in [0.2, 0.25) is 5.76 Å². The van der Waals surface area contributed by atoms with Crippen LogP contribution in [0.4, 0.5) is 0 Å². The Hall–Kier alpha value is -3.60. The predicted octanol–water partition coefficient (Wildman–Crippen LogP) is 4.13. The Balaban J connectivity index is 1.75. The Morgan fingerprint density at radius 1 is 0.889 bits per heavy atom. The number of fused-ring (bicyclic) bond motifs is 2. The summed E-state index contributed by atoms with van der Waals surface area (Å²) in [6, 6.07) is 19.6. The monoisotopic (exact) mass is 357 g/mol. The van der Waals surface area contributed by atoms with E-state index >= 15 is 0 Å². The highest BCUT2D eigenvalue weighted by Crippen LogP contribution is 2.38. The number of hydrogen-bond acceptors (Lipinski definition) is 4. The van der Waals surface area contributed by atoms with Crippen LogP contribution < -0.4 is 5.43 Å². The van der Waals surface area contributed by atoms with Crippen molar-refractivity contribution < 1.29 is 13.6 Å². The second-order valence-corrected chi connectivity index (χ2v) is 6.50. The number of rotatable bonds is 3. The van der Waals surface area contributed by atoms with E-state index in [-0.39, 0.29) is 23.6 Å². The molecule has 0 saturated heterocycles. The number of hydrogen-bond donors (Lipinski definition) is 0. The fourth-order valence-electron chi connectivity index (χ4n) is 3.68. The fourth-order valence-corrected chi connectivity index (χ4v) is 3.68. The van der Waals surface area contributed by atoms with E-state index in [9.17, 15) is 9.59 Å². The Morgan fingerprint density at radius 2 is 1.67 bits per heavy atom. The van der Waals surface area contributed by atoms with Gasteiger partial charge in [-0.1, -0.05) is 42.5 Å². The Labute approximate surface area is 154 Å². The van der Waals surface area contributed by atoms with Crippen molar-refractivity contribution >= 4 is 16.9 Å². The second kappa shape index (κ2) is 5.99. The lowest BCUT2D eigenvalue weighted by Gasteiger charge is -2.24. The SMILES string of the molecule is O=C1c2oc3ccccc3c(=O)c2C(c2ccccc2)N1Cc1ccco1. The van der Waals surface area contributed by atoms with Crippen LogP contribution in [0.25, 0.3) is 11.0 Å². The van der Waals surface area contributed by atoms with Crippen LogP contribution >= 0.6 is 0 Å². The number of carbonyl (C=O) groups is 1. The van der Waals surface area contributed by atoms with E-state index in [0.717, 1.165) is 5.56 Å². The highest BCUT2D eigenvalue weighted by atomic mass is 16.3. The van der Waals surface area contributed by atoms with Crippen LogP contribution in [-0.2, 0) is 6.54 Å². The zero-order chi connectivity index (χ0) is 18.4. The van der Waals surface area contributed by atoms with Crippen molar-refractivity contribution in [3.05, 3.63) is 106 Å². The molecule has 1 aliphatic rings. The predicted molar refractivity (Wildman–Crippen MR) is 99.4 cm³/mol. The van der Waals surface area contributed by atoms with Gasteiger partial charge in [0.05, 0.1) is 29.8 Å². The lowest BCUT2D eigenvalue weighted by molar-refractivity contribution is 0.0701. The molecule has 4 aromatic rings. The molecular formula is C22H15NO4. The van der Waals surface area contributed by atoms with Crippen LogP contribution in [0.15, 0.2) is 86.6 Å². The lowest BCUT2D eigenvalue weighted by Crippen LogP contribution is -2.29. The van der Waals surface area contributed by atoms with Crippen molar-refractivity contribution in [2.75, 3.05) is 0 Å². The summed E-state index contributed by atoms with van der Waals surface area (Å²) >= 11 is 0. The fraction of sp³-hybridized carbons (Fsp3) is 0.0909. The molecule has 27 heavy (non-hydrogen) atoms. The first-order chi connectivity index (χ1) is 13.2. The highest BCUT2D eigenvalue weighted by molar-refractivity contribution is 5.99. The number of benzene rings is 2. The minimum absolute atomic E-state index is 0.110. The average molecular weight is 357 g/mol. The molecule has 1 amide bonds. The summed E-state index contributed by atoms with van der Waals surface area (Å²) in [4.78, 5) is 28.0. The molecule has 2 aromatic carbocycles. The third kappa shape index (κ3) is 2.39. The minimum Gasteiger partial charge on any atom is -0.467 e. The third-order valence-corrected chi connectivity index (χ3v) is 4.89. The van der Waals surface area contributed by atoms with Gasteiger partial charge in [-0.3, -0.25) is 9.59 Å². The van der Waals surface area contributed by atoms with Crippen LogP contribution in [0, 0.1) is 0 Å². The Morgan fingerprint density at radius 3 is 2.44 bits per heavy atom. The number of amides is 1. The van der Waals surface area contributed by atoms with Crippen molar-refractivity contribution in [2.45, 2.75) is 12.6 Å². The van der Waals surface area contributed by atoms with Gasteiger partial charge in [-0.25, -0.2) is 0 Å². The molecular weight excluding hydrogens is 342 g/mol. The van der Waals surface area contributed by atoms with Crippen molar-refractivity contribution in [3.8, 4) is 0 Å². The maximum absolute atomic E-state index is 13.2. The van der Waals surface area contributed by atoms with Gasteiger partial charge in [0.15, 0.2) is 5.43 Å². The summed E-state index contributed by atoms with van der Waals surface area (Å²) in [5.41, 5.74) is 1.49. The zero-order valence-electron chi connectivity index (χ0n) is 14.3. The lowest BCUT2D eigenvalue weighted by atomic mass is 9.98. The summed E-state index contributed by atoms with van der Waals surface area (Å²) in [6.45, 7) is 0.255. The molecule has 1 aliphatic heterocycles. The van der Waals surface area contributed by atoms with E-state index in [0.29, 0.717) is 22.3 Å². The molecule has 0 bridgehead atoms. The van der Waals surface area contributed by atoms with Gasteiger partial charge in [0.1, 0.15) is 11.3 Å². The quantitative estimate of drug-likeness (QED) is 0.553. The number of furan rings is 1. The van der Waals surface area contributed by atoms with Crippen LogP contribution in [0.2, 0.25) is 0 Å². The normalized spacial score (nSPS) is 16.1. The van der Waals surface area contributed by atoms with Gasteiger partial charge in [0, 0.05) is 0 Å². The molecule has 3 heterocycles. The average Bonchev–Trinajstić information content (AvgIpc) is 3.31. The van der Waals surface area contributed by atoms with E-state index in [2.05, 4.69) is 0 Å². The van der Waals surface area contributed by atoms with E-state index in [1.807, 2.05) is 36.4 Å². The van der Waals surface area contributed by atoms with Gasteiger partial charge < -0.3 is 13.7 Å². The van der Waals surface area contributed by atoms with Gasteiger partial charge in [-0.2, -0.15) is 0 Å². The van der Waals surface area contributed by atoms with E-state index in [1.54, 1.807) is 41.5 Å². The molecule has 1 unspecified atom stereocenters. The molecule has 0 radical (unpaired) electrons. The number of carbonyl (C=O) groups excluding carboxylic acids is 1. The van der Waals surface area contributed by atoms with Crippen molar-refractivity contribution in [1.29, 1.82) is 0 Å². The summed E-state index contributed by atoms with van der Waals surface area (Å²) in [5, 5.41) is 0.477. The van der Waals surface area contributed by atoms with Crippen molar-refractivity contribution in [3.63, 3.8) is 0 Å². The molecule has 5 nitrogen and oxygen atoms in total. The third-order valence-electron chi connectivity index (χ3n) is 4.89. The molecule has 0 fully saturated rings. The molecule has 0 aliphatic carbocycles. The maximum Gasteiger partial charge on any atom is 0.291 e. The summed E-state index contributed by atoms with van der Waals surface area (Å²) < 4.78 is 11.3. The molecule has 5 rings (SSSR count). The standard InChI is InChI=1S/C22H15NO4/c24-20-16-10-4-5-11-17(16)27-21-18(20)19(14-7-2-1-3-8-14)23(22(21)25)13-15-9-6-12-26-15/h1-12,19H,13H2. The summed E-state index contributed by atoms with van der Waals surface area (Å²) in [5.74, 6) is 0.450. The smallest absolute Gasteiger partial charge is 0.291 e. The van der Waals surface area contributed by atoms with Crippen LogP contribution in [0.1, 0.15) is 33.5 Å². The topological polar surface area (TPSA) is 63.7 Å². The highest BCUT2D eigenvalue weighted by Gasteiger charge is 2.42. The minimum atomic E-state index is -0.514. The van der Waals surface area contributed by atoms with Crippen molar-refractivity contribution in [2.24, 2.45) is 0 Å². The zero-order valence-corrected chi connectivity index (χ0v) is 14.3. The molecule has 0 saturated carbocycles. The van der Waals surface area contributed by atoms with E-state index < -0.39 is 6.04 Å². The Bertz CT molecular complexity index is 1190. The van der Waals surface area contributed by atoms with Crippen LogP contribution in [0.3, 0.4) is 0 Å². The first kappa shape index (κ1) is 15.6. The molecule has 2 aromatic heterocycles. The molecule has 1 atom stereocenters. The van der Waals surface area contributed by atoms with Gasteiger partial charge in [-0.15, -0.1) is 0 Å². The molecule has 0 N–H and O–H groups in total. The van der Waals surface area contributed by atoms with Crippen molar-refractivity contribution in [1.82, 2.24) is 4.90 Å². The second-order valence-electron chi connectivity index (χ2n) is 6.50. The number of para-hydroxylation sites is 1. The molecule has 5 heteroatoms. The number of nitrogens with zero attached hydrogens (tertiary/aromatic N) is 1.